The summed E-state index contributed by atoms with van der Waals surface area (Å²) in [6, 6.07) is 7.94. The summed E-state index contributed by atoms with van der Waals surface area (Å²) < 4.78 is 1.57. The summed E-state index contributed by atoms with van der Waals surface area (Å²) in [5, 5.41) is 9.96. The Morgan fingerprint density at radius 1 is 1.28 bits per heavy atom. The van der Waals surface area contributed by atoms with E-state index in [2.05, 4.69) is 15.3 Å². The third-order valence-electron chi connectivity index (χ3n) is 3.64. The molecule has 1 amide bonds. The maximum atomic E-state index is 12.5. The third-order valence-corrected chi connectivity index (χ3v) is 3.64. The Morgan fingerprint density at radius 2 is 2.08 bits per heavy atom. The van der Waals surface area contributed by atoms with E-state index in [9.17, 15) is 4.79 Å². The van der Waals surface area contributed by atoms with Crippen molar-refractivity contribution in [3.05, 3.63) is 54.1 Å². The van der Waals surface area contributed by atoms with Crippen LogP contribution in [0.25, 0.3) is 10.8 Å². The number of hydrogen-bond acceptors (Lipinski definition) is 5. The average Bonchev–Trinajstić information content (AvgIpc) is 3.03. The summed E-state index contributed by atoms with van der Waals surface area (Å²) in [6.07, 6.45) is 5.20. The first-order valence-corrected chi connectivity index (χ1v) is 7.36. The van der Waals surface area contributed by atoms with Crippen molar-refractivity contribution >= 4 is 41.5 Å². The van der Waals surface area contributed by atoms with Crippen molar-refractivity contribution in [3.63, 3.8) is 0 Å². The molecule has 0 aliphatic rings. The average molecular weight is 383 g/mol. The van der Waals surface area contributed by atoms with Gasteiger partial charge in [0.1, 0.15) is 0 Å². The van der Waals surface area contributed by atoms with Crippen LogP contribution in [-0.2, 0) is 13.1 Å². The molecule has 0 unspecified atom stereocenters. The lowest BCUT2D eigenvalue weighted by Gasteiger charge is -2.17. The van der Waals surface area contributed by atoms with E-state index >= 15 is 0 Å². The van der Waals surface area contributed by atoms with Gasteiger partial charge in [-0.3, -0.25) is 14.5 Å². The van der Waals surface area contributed by atoms with Crippen molar-refractivity contribution in [2.24, 2.45) is 5.73 Å². The number of nitrogens with zero attached hydrogens (tertiary/aromatic N) is 5. The van der Waals surface area contributed by atoms with Crippen LogP contribution in [-0.4, -0.2) is 44.4 Å². The van der Waals surface area contributed by atoms with Crippen LogP contribution in [0.4, 0.5) is 0 Å². The molecule has 9 heteroatoms. The molecule has 0 atom stereocenters. The van der Waals surface area contributed by atoms with Crippen LogP contribution in [0.1, 0.15) is 16.1 Å². The Hall–Kier alpha value is -2.22. The number of carbonyl (C=O) groups excluding carboxylic acids is 1. The number of carbonyl (C=O) groups is 1. The highest BCUT2D eigenvalue weighted by Gasteiger charge is 2.16. The number of pyridine rings is 1. The Balaban J connectivity index is 0.00000156. The molecule has 3 rings (SSSR count). The molecule has 0 fully saturated rings. The Kier molecular flexibility index (Phi) is 7.76. The lowest BCUT2D eigenvalue weighted by atomic mass is 10.1. The Labute approximate surface area is 158 Å². The van der Waals surface area contributed by atoms with Gasteiger partial charge in [0.05, 0.1) is 12.7 Å². The van der Waals surface area contributed by atoms with E-state index in [-0.39, 0.29) is 30.7 Å². The first-order valence-electron chi connectivity index (χ1n) is 7.36. The maximum absolute atomic E-state index is 12.5. The van der Waals surface area contributed by atoms with Crippen molar-refractivity contribution in [1.29, 1.82) is 0 Å². The van der Waals surface area contributed by atoms with Gasteiger partial charge in [-0.1, -0.05) is 23.4 Å². The number of fused-ring (bicyclic) bond motifs is 1. The van der Waals surface area contributed by atoms with Crippen molar-refractivity contribution < 1.29 is 4.79 Å². The fourth-order valence-corrected chi connectivity index (χ4v) is 2.49. The summed E-state index contributed by atoms with van der Waals surface area (Å²) in [5.74, 6) is -0.167. The standard InChI is InChI=1S/C16H18N6O.2ClH/c1-21(16(23)15-11-22(8-6-17)20-19-15)10-13-4-2-3-12-9-18-7-5-14(12)13;;/h2-5,7,9,11H,6,8,10,17H2,1H3;2*1H. The molecule has 7 nitrogen and oxygen atoms in total. The monoisotopic (exact) mass is 382 g/mol. The third kappa shape index (κ3) is 4.66. The van der Waals surface area contributed by atoms with Gasteiger partial charge in [-0.25, -0.2) is 0 Å². The van der Waals surface area contributed by atoms with E-state index in [1.54, 1.807) is 29.0 Å². The molecule has 0 saturated heterocycles. The summed E-state index contributed by atoms with van der Waals surface area (Å²) in [4.78, 5) is 18.2. The fraction of sp³-hybridized carbons (Fsp3) is 0.250. The van der Waals surface area contributed by atoms with Crippen LogP contribution in [0.2, 0.25) is 0 Å². The minimum absolute atomic E-state index is 0. The molecule has 3 aromatic rings. The SMILES string of the molecule is CN(Cc1cccc2cnccc12)C(=O)c1cn(CCN)nn1.Cl.Cl. The summed E-state index contributed by atoms with van der Waals surface area (Å²) in [5.41, 5.74) is 6.86. The van der Waals surface area contributed by atoms with Gasteiger partial charge in [0, 0.05) is 37.9 Å². The van der Waals surface area contributed by atoms with Crippen LogP contribution in [0.15, 0.2) is 42.9 Å². The Morgan fingerprint density at radius 3 is 2.84 bits per heavy atom. The number of benzene rings is 1. The zero-order valence-corrected chi connectivity index (χ0v) is 15.3. The highest BCUT2D eigenvalue weighted by molar-refractivity contribution is 5.92. The fourth-order valence-electron chi connectivity index (χ4n) is 2.49. The number of amides is 1. The maximum Gasteiger partial charge on any atom is 0.276 e. The highest BCUT2D eigenvalue weighted by atomic mass is 35.5. The first kappa shape index (κ1) is 20.8. The van der Waals surface area contributed by atoms with E-state index in [1.807, 2.05) is 30.5 Å². The summed E-state index contributed by atoms with van der Waals surface area (Å²) in [6.45, 7) is 1.49. The second-order valence-electron chi connectivity index (χ2n) is 5.33. The van der Waals surface area contributed by atoms with Gasteiger partial charge in [-0.05, 0) is 17.0 Å². The van der Waals surface area contributed by atoms with Crippen LogP contribution in [0.3, 0.4) is 0 Å². The summed E-state index contributed by atoms with van der Waals surface area (Å²) >= 11 is 0. The Bertz CT molecular complexity index is 833. The minimum atomic E-state index is -0.167. The zero-order chi connectivity index (χ0) is 16.2. The molecule has 2 N–H and O–H groups in total. The molecule has 0 aliphatic carbocycles. The largest absolute Gasteiger partial charge is 0.336 e. The van der Waals surface area contributed by atoms with E-state index in [4.69, 9.17) is 5.73 Å². The van der Waals surface area contributed by atoms with Crippen LogP contribution in [0, 0.1) is 0 Å². The van der Waals surface area contributed by atoms with Gasteiger partial charge in [-0.15, -0.1) is 29.9 Å². The second kappa shape index (κ2) is 9.31. The molecule has 25 heavy (non-hydrogen) atoms. The molecule has 134 valence electrons. The molecule has 0 spiro atoms. The van der Waals surface area contributed by atoms with Crippen LogP contribution >= 0.6 is 24.8 Å². The number of halogens is 2. The molecule has 0 aliphatic heterocycles. The number of nitrogens with two attached hydrogens (primary N) is 1. The van der Waals surface area contributed by atoms with Crippen LogP contribution in [0.5, 0.6) is 0 Å². The lowest BCUT2D eigenvalue weighted by molar-refractivity contribution is 0.0779. The molecule has 2 heterocycles. The first-order chi connectivity index (χ1) is 11.2. The van der Waals surface area contributed by atoms with Gasteiger partial charge in [0.15, 0.2) is 5.69 Å². The minimum Gasteiger partial charge on any atom is -0.336 e. The molecular formula is C16H20Cl2N6O. The summed E-state index contributed by atoms with van der Waals surface area (Å²) in [7, 11) is 1.75. The van der Waals surface area contributed by atoms with E-state index in [0.29, 0.717) is 25.3 Å². The van der Waals surface area contributed by atoms with Gasteiger partial charge < -0.3 is 10.6 Å². The molecule has 1 aromatic carbocycles. The topological polar surface area (TPSA) is 89.9 Å². The van der Waals surface area contributed by atoms with Gasteiger partial charge in [0.25, 0.3) is 5.91 Å². The van der Waals surface area contributed by atoms with Crippen molar-refractivity contribution in [2.75, 3.05) is 13.6 Å². The van der Waals surface area contributed by atoms with Crippen molar-refractivity contribution in [3.8, 4) is 0 Å². The van der Waals surface area contributed by atoms with Gasteiger partial charge in [0.2, 0.25) is 0 Å². The number of aromatic nitrogens is 4. The van der Waals surface area contributed by atoms with Gasteiger partial charge >= 0.3 is 0 Å². The van der Waals surface area contributed by atoms with Crippen molar-refractivity contribution in [2.45, 2.75) is 13.1 Å². The molecule has 2 aromatic heterocycles. The predicted octanol–water partition coefficient (Wildman–Crippen LogP) is 1.90. The molecule has 0 saturated carbocycles. The van der Waals surface area contributed by atoms with E-state index in [0.717, 1.165) is 16.3 Å². The number of hydrogen-bond donors (Lipinski definition) is 1. The van der Waals surface area contributed by atoms with Crippen molar-refractivity contribution in [1.82, 2.24) is 24.9 Å². The second-order valence-corrected chi connectivity index (χ2v) is 5.33. The quantitative estimate of drug-likeness (QED) is 0.727. The van der Waals surface area contributed by atoms with E-state index in [1.165, 1.54) is 0 Å². The zero-order valence-electron chi connectivity index (χ0n) is 13.7. The molecule has 0 bridgehead atoms. The smallest absolute Gasteiger partial charge is 0.276 e. The van der Waals surface area contributed by atoms with E-state index < -0.39 is 0 Å². The normalized spacial score (nSPS) is 10.0. The highest BCUT2D eigenvalue weighted by Crippen LogP contribution is 2.19. The van der Waals surface area contributed by atoms with Crippen LogP contribution < -0.4 is 5.73 Å². The molecule has 0 radical (unpaired) electrons. The number of rotatable bonds is 5. The molecular weight excluding hydrogens is 363 g/mol. The lowest BCUT2D eigenvalue weighted by Crippen LogP contribution is -2.26. The predicted molar refractivity (Wildman–Crippen MR) is 101 cm³/mol. The van der Waals surface area contributed by atoms with Gasteiger partial charge in [-0.2, -0.15) is 0 Å².